The summed E-state index contributed by atoms with van der Waals surface area (Å²) in [6.07, 6.45) is 0.352. The Morgan fingerprint density at radius 2 is 1.85 bits per heavy atom. The van der Waals surface area contributed by atoms with Gasteiger partial charge < -0.3 is 14.8 Å². The standard InChI is InChI=1S/C18H25NO6S/c1-13(2)14-4-6-15(7-5-14)24-11-17(21)25-10-16(20)19-18(3)8-9-26(22,23)12-18/h4-7,13H,8-12H2,1-3H3,(H,19,20)/t18-/m0/s1. The van der Waals surface area contributed by atoms with Crippen molar-refractivity contribution in [3.05, 3.63) is 29.8 Å². The molecule has 0 aliphatic carbocycles. The van der Waals surface area contributed by atoms with Gasteiger partial charge in [0.2, 0.25) is 0 Å². The molecule has 0 aromatic heterocycles. The van der Waals surface area contributed by atoms with Gasteiger partial charge in [-0.2, -0.15) is 0 Å². The van der Waals surface area contributed by atoms with Crippen molar-refractivity contribution >= 4 is 21.7 Å². The van der Waals surface area contributed by atoms with E-state index in [4.69, 9.17) is 9.47 Å². The van der Waals surface area contributed by atoms with E-state index in [0.29, 0.717) is 18.1 Å². The predicted octanol–water partition coefficient (Wildman–Crippen LogP) is 1.43. The van der Waals surface area contributed by atoms with Crippen LogP contribution in [0.25, 0.3) is 0 Å². The van der Waals surface area contributed by atoms with E-state index in [0.717, 1.165) is 0 Å². The van der Waals surface area contributed by atoms with E-state index >= 15 is 0 Å². The second kappa shape index (κ2) is 8.07. The Morgan fingerprint density at radius 1 is 1.19 bits per heavy atom. The molecule has 0 radical (unpaired) electrons. The maximum Gasteiger partial charge on any atom is 0.344 e. The molecule has 2 rings (SSSR count). The van der Waals surface area contributed by atoms with Gasteiger partial charge >= 0.3 is 5.97 Å². The fourth-order valence-electron chi connectivity index (χ4n) is 2.76. The first-order valence-electron chi connectivity index (χ1n) is 8.48. The molecule has 1 atom stereocenters. The van der Waals surface area contributed by atoms with Gasteiger partial charge in [0.15, 0.2) is 23.1 Å². The number of hydrogen-bond acceptors (Lipinski definition) is 6. The number of carbonyl (C=O) groups excluding carboxylic acids is 2. The summed E-state index contributed by atoms with van der Waals surface area (Å²) in [6, 6.07) is 7.40. The number of amides is 1. The number of carbonyl (C=O) groups is 2. The van der Waals surface area contributed by atoms with Crippen molar-refractivity contribution in [3.8, 4) is 5.75 Å². The lowest BCUT2D eigenvalue weighted by molar-refractivity contribution is -0.150. The van der Waals surface area contributed by atoms with Crippen LogP contribution in [-0.2, 0) is 24.2 Å². The van der Waals surface area contributed by atoms with E-state index in [1.54, 1.807) is 19.1 Å². The lowest BCUT2D eigenvalue weighted by Crippen LogP contribution is -2.48. The first-order valence-corrected chi connectivity index (χ1v) is 10.3. The van der Waals surface area contributed by atoms with Crippen LogP contribution in [0.1, 0.15) is 38.7 Å². The predicted molar refractivity (Wildman–Crippen MR) is 96.8 cm³/mol. The Kier molecular flexibility index (Phi) is 6.28. The zero-order valence-electron chi connectivity index (χ0n) is 15.3. The first-order chi connectivity index (χ1) is 12.1. The normalized spacial score (nSPS) is 21.4. The van der Waals surface area contributed by atoms with Crippen LogP contribution < -0.4 is 10.1 Å². The third-order valence-corrected chi connectivity index (χ3v) is 6.12. The monoisotopic (exact) mass is 383 g/mol. The molecular formula is C18H25NO6S. The second-order valence-corrected chi connectivity index (χ2v) is 9.31. The molecule has 26 heavy (non-hydrogen) atoms. The summed E-state index contributed by atoms with van der Waals surface area (Å²) in [5.74, 6) is -0.303. The summed E-state index contributed by atoms with van der Waals surface area (Å²) >= 11 is 0. The summed E-state index contributed by atoms with van der Waals surface area (Å²) in [4.78, 5) is 23.6. The maximum atomic E-state index is 11.9. The average molecular weight is 383 g/mol. The zero-order valence-corrected chi connectivity index (χ0v) is 16.1. The van der Waals surface area contributed by atoms with E-state index in [2.05, 4.69) is 19.2 Å². The number of sulfone groups is 1. The van der Waals surface area contributed by atoms with Gasteiger partial charge in [0.25, 0.3) is 5.91 Å². The SMILES string of the molecule is CC(C)c1ccc(OCC(=O)OCC(=O)N[C@@]2(C)CCS(=O)(=O)C2)cc1. The number of esters is 1. The quantitative estimate of drug-likeness (QED) is 0.715. The summed E-state index contributed by atoms with van der Waals surface area (Å²) in [5.41, 5.74) is 0.357. The van der Waals surface area contributed by atoms with Gasteiger partial charge in [-0.05, 0) is 37.0 Å². The van der Waals surface area contributed by atoms with Crippen LogP contribution in [0, 0.1) is 0 Å². The molecule has 1 aromatic carbocycles. The number of benzene rings is 1. The first kappa shape index (κ1) is 20.2. The number of ether oxygens (including phenoxy) is 2. The zero-order chi connectivity index (χ0) is 19.4. The van der Waals surface area contributed by atoms with Crippen LogP contribution in [0.15, 0.2) is 24.3 Å². The molecule has 0 unspecified atom stereocenters. The van der Waals surface area contributed by atoms with E-state index in [1.807, 2.05) is 12.1 Å². The molecule has 1 heterocycles. The highest BCUT2D eigenvalue weighted by Gasteiger charge is 2.39. The molecule has 1 aliphatic rings. The minimum atomic E-state index is -3.12. The average Bonchev–Trinajstić information content (AvgIpc) is 2.84. The summed E-state index contributed by atoms with van der Waals surface area (Å²) in [5, 5.41) is 2.62. The second-order valence-electron chi connectivity index (χ2n) is 7.12. The van der Waals surface area contributed by atoms with Crippen LogP contribution in [0.5, 0.6) is 5.75 Å². The van der Waals surface area contributed by atoms with Crippen molar-refractivity contribution in [2.24, 2.45) is 0 Å². The summed E-state index contributed by atoms with van der Waals surface area (Å²) in [6.45, 7) is 5.06. The van der Waals surface area contributed by atoms with Gasteiger partial charge in [-0.25, -0.2) is 13.2 Å². The van der Waals surface area contributed by atoms with Crippen molar-refractivity contribution < 1.29 is 27.5 Å². The smallest absolute Gasteiger partial charge is 0.344 e. The highest BCUT2D eigenvalue weighted by atomic mass is 32.2. The van der Waals surface area contributed by atoms with Crippen LogP contribution >= 0.6 is 0 Å². The number of rotatable bonds is 7. The van der Waals surface area contributed by atoms with Crippen molar-refractivity contribution in [1.82, 2.24) is 5.32 Å². The Labute approximate surface area is 154 Å². The van der Waals surface area contributed by atoms with Gasteiger partial charge in [0, 0.05) is 0 Å². The molecule has 8 heteroatoms. The van der Waals surface area contributed by atoms with Gasteiger partial charge in [-0.15, -0.1) is 0 Å². The molecule has 0 spiro atoms. The van der Waals surface area contributed by atoms with Gasteiger partial charge in [-0.1, -0.05) is 26.0 Å². The van der Waals surface area contributed by atoms with Crippen molar-refractivity contribution in [3.63, 3.8) is 0 Å². The van der Waals surface area contributed by atoms with Crippen LogP contribution in [0.4, 0.5) is 0 Å². The topological polar surface area (TPSA) is 98.8 Å². The van der Waals surface area contributed by atoms with Crippen molar-refractivity contribution in [1.29, 1.82) is 0 Å². The minimum Gasteiger partial charge on any atom is -0.482 e. The molecule has 1 fully saturated rings. The van der Waals surface area contributed by atoms with E-state index in [-0.39, 0.29) is 18.1 Å². The largest absolute Gasteiger partial charge is 0.482 e. The fourth-order valence-corrected chi connectivity index (χ4v) is 4.85. The van der Waals surface area contributed by atoms with Gasteiger partial charge in [0.05, 0.1) is 17.0 Å². The van der Waals surface area contributed by atoms with Gasteiger partial charge in [0.1, 0.15) is 5.75 Å². The minimum absolute atomic E-state index is 0.0486. The highest BCUT2D eigenvalue weighted by Crippen LogP contribution is 2.22. The number of hydrogen-bond donors (Lipinski definition) is 1. The maximum absolute atomic E-state index is 11.9. The molecule has 144 valence electrons. The molecule has 1 saturated heterocycles. The Bertz CT molecular complexity index is 756. The van der Waals surface area contributed by atoms with Crippen molar-refractivity contribution in [2.45, 2.75) is 38.6 Å². The molecule has 1 aliphatic heterocycles. The van der Waals surface area contributed by atoms with E-state index < -0.39 is 33.9 Å². The van der Waals surface area contributed by atoms with Crippen LogP contribution in [0.3, 0.4) is 0 Å². The van der Waals surface area contributed by atoms with Gasteiger partial charge in [-0.3, -0.25) is 4.79 Å². The molecule has 1 aromatic rings. The third kappa shape index (κ3) is 6.01. The molecule has 7 nitrogen and oxygen atoms in total. The highest BCUT2D eigenvalue weighted by molar-refractivity contribution is 7.91. The Balaban J connectivity index is 1.72. The summed E-state index contributed by atoms with van der Waals surface area (Å²) in [7, 11) is -3.12. The molecule has 0 saturated carbocycles. The Morgan fingerprint density at radius 3 is 2.38 bits per heavy atom. The van der Waals surface area contributed by atoms with Crippen LogP contribution in [-0.4, -0.2) is 50.6 Å². The Hall–Kier alpha value is -2.09. The molecule has 1 N–H and O–H groups in total. The number of nitrogens with one attached hydrogen (secondary N) is 1. The molecule has 0 bridgehead atoms. The lowest BCUT2D eigenvalue weighted by atomic mass is 10.0. The van der Waals surface area contributed by atoms with E-state index in [9.17, 15) is 18.0 Å². The van der Waals surface area contributed by atoms with Crippen LogP contribution in [0.2, 0.25) is 0 Å². The fraction of sp³-hybridized carbons (Fsp3) is 0.556. The van der Waals surface area contributed by atoms with Crippen molar-refractivity contribution in [2.75, 3.05) is 24.7 Å². The molecule has 1 amide bonds. The van der Waals surface area contributed by atoms with E-state index in [1.165, 1.54) is 5.56 Å². The molecular weight excluding hydrogens is 358 g/mol. The summed E-state index contributed by atoms with van der Waals surface area (Å²) < 4.78 is 33.2. The third-order valence-electron chi connectivity index (χ3n) is 4.21. The lowest BCUT2D eigenvalue weighted by Gasteiger charge is -2.23.